The highest BCUT2D eigenvalue weighted by Crippen LogP contribution is 2.22. The first-order valence-electron chi connectivity index (χ1n) is 10.3. The third-order valence-corrected chi connectivity index (χ3v) is 5.80. The fraction of sp³-hybridized carbons (Fsp3) is 0.524. The molecule has 4 heterocycles. The van der Waals surface area contributed by atoms with E-state index in [-0.39, 0.29) is 23.6 Å². The van der Waals surface area contributed by atoms with Gasteiger partial charge in [-0.3, -0.25) is 19.5 Å². The van der Waals surface area contributed by atoms with Crippen molar-refractivity contribution in [1.82, 2.24) is 24.6 Å². The average Bonchev–Trinajstić information content (AvgIpc) is 3.12. The first kappa shape index (κ1) is 19.6. The molecule has 2 aromatic heterocycles. The summed E-state index contributed by atoms with van der Waals surface area (Å²) in [4.78, 5) is 35.6. The third kappa shape index (κ3) is 4.17. The van der Waals surface area contributed by atoms with E-state index < -0.39 is 0 Å². The summed E-state index contributed by atoms with van der Waals surface area (Å²) in [6.45, 7) is 8.58. The second-order valence-corrected chi connectivity index (χ2v) is 7.96. The molecule has 0 spiro atoms. The molecule has 2 aliphatic heterocycles. The predicted molar refractivity (Wildman–Crippen MR) is 111 cm³/mol. The van der Waals surface area contributed by atoms with Gasteiger partial charge in [0, 0.05) is 51.0 Å². The van der Waals surface area contributed by atoms with Gasteiger partial charge in [-0.2, -0.15) is 5.10 Å². The Kier molecular flexibility index (Phi) is 5.62. The van der Waals surface area contributed by atoms with Gasteiger partial charge >= 0.3 is 0 Å². The molecule has 2 fully saturated rings. The van der Waals surface area contributed by atoms with E-state index in [0.29, 0.717) is 6.54 Å². The van der Waals surface area contributed by atoms with Crippen LogP contribution < -0.4 is 10.5 Å². The summed E-state index contributed by atoms with van der Waals surface area (Å²) < 4.78 is 1.46. The van der Waals surface area contributed by atoms with Crippen molar-refractivity contribution >= 4 is 11.7 Å². The number of piperazine rings is 1. The van der Waals surface area contributed by atoms with Crippen LogP contribution in [0.1, 0.15) is 26.0 Å². The Bertz CT molecular complexity index is 905. The number of aromatic nitrogens is 3. The molecule has 2 saturated heterocycles. The summed E-state index contributed by atoms with van der Waals surface area (Å²) in [6, 6.07) is 9.27. The fourth-order valence-corrected chi connectivity index (χ4v) is 4.17. The first-order chi connectivity index (χ1) is 14.0. The Morgan fingerprint density at radius 3 is 2.48 bits per heavy atom. The van der Waals surface area contributed by atoms with Gasteiger partial charge in [-0.15, -0.1) is 0 Å². The van der Waals surface area contributed by atoms with Crippen LogP contribution in [0.5, 0.6) is 0 Å². The molecule has 4 rings (SSSR count). The summed E-state index contributed by atoms with van der Waals surface area (Å²) in [7, 11) is 0. The van der Waals surface area contributed by atoms with Gasteiger partial charge in [-0.05, 0) is 38.5 Å². The van der Waals surface area contributed by atoms with Crippen LogP contribution in [0.3, 0.4) is 0 Å². The highest BCUT2D eigenvalue weighted by Gasteiger charge is 2.38. The quantitative estimate of drug-likeness (QED) is 0.745. The number of pyridine rings is 1. The molecule has 1 amide bonds. The van der Waals surface area contributed by atoms with E-state index in [2.05, 4.69) is 33.7 Å². The Labute approximate surface area is 170 Å². The lowest BCUT2D eigenvalue weighted by atomic mass is 10.2. The Balaban J connectivity index is 1.41. The third-order valence-electron chi connectivity index (χ3n) is 5.80. The summed E-state index contributed by atoms with van der Waals surface area (Å²) >= 11 is 0. The van der Waals surface area contributed by atoms with Gasteiger partial charge < -0.3 is 9.80 Å². The molecule has 8 nitrogen and oxygen atoms in total. The average molecular weight is 396 g/mol. The lowest BCUT2D eigenvalue weighted by molar-refractivity contribution is -0.133. The number of rotatable bonds is 5. The lowest BCUT2D eigenvalue weighted by Crippen LogP contribution is -2.53. The van der Waals surface area contributed by atoms with Crippen LogP contribution >= 0.6 is 0 Å². The molecule has 8 heteroatoms. The Morgan fingerprint density at radius 1 is 1.03 bits per heavy atom. The molecule has 0 saturated carbocycles. The zero-order chi connectivity index (χ0) is 20.4. The number of anilines is 1. The van der Waals surface area contributed by atoms with Crippen molar-refractivity contribution in [3.05, 3.63) is 52.6 Å². The zero-order valence-corrected chi connectivity index (χ0v) is 17.1. The van der Waals surface area contributed by atoms with E-state index in [4.69, 9.17) is 0 Å². The maximum Gasteiger partial charge on any atom is 0.267 e. The van der Waals surface area contributed by atoms with Crippen LogP contribution in [0.15, 0.2) is 41.3 Å². The van der Waals surface area contributed by atoms with E-state index in [1.807, 2.05) is 23.1 Å². The first-order valence-corrected chi connectivity index (χ1v) is 10.3. The molecule has 0 radical (unpaired) electrons. The van der Waals surface area contributed by atoms with Crippen LogP contribution in [0, 0.1) is 0 Å². The van der Waals surface area contributed by atoms with Crippen molar-refractivity contribution in [1.29, 1.82) is 0 Å². The van der Waals surface area contributed by atoms with Gasteiger partial charge in [0.25, 0.3) is 5.56 Å². The van der Waals surface area contributed by atoms with Crippen LogP contribution in [0.2, 0.25) is 0 Å². The molecule has 0 aromatic carbocycles. The predicted octanol–water partition coefficient (Wildman–Crippen LogP) is 0.818. The molecular weight excluding hydrogens is 368 g/mol. The summed E-state index contributed by atoms with van der Waals surface area (Å²) in [6.07, 6.45) is 2.62. The summed E-state index contributed by atoms with van der Waals surface area (Å²) in [5.74, 6) is 1.05. The second kappa shape index (κ2) is 8.32. The minimum absolute atomic E-state index is 0.00520. The molecular formula is C21H28N6O2. The normalized spacial score (nSPS) is 20.7. The minimum atomic E-state index is -0.136. The van der Waals surface area contributed by atoms with Crippen molar-refractivity contribution in [2.45, 2.75) is 38.9 Å². The standard InChI is InChI=1S/C21H28N6O2/c1-16(2)26-10-8-18(21(26)29)24-11-13-25(14-12-24)19-6-7-20(28)27(23-19)15-17-5-3-4-9-22-17/h3-7,9,16,18H,8,10-15H2,1-2H3. The van der Waals surface area contributed by atoms with Crippen LogP contribution in [-0.4, -0.2) is 75.3 Å². The molecule has 154 valence electrons. The van der Waals surface area contributed by atoms with Crippen molar-refractivity contribution in [2.24, 2.45) is 0 Å². The van der Waals surface area contributed by atoms with E-state index >= 15 is 0 Å². The highest BCUT2D eigenvalue weighted by atomic mass is 16.2. The maximum atomic E-state index is 12.7. The maximum absolute atomic E-state index is 12.7. The molecule has 2 aromatic rings. The number of nitrogens with zero attached hydrogens (tertiary/aromatic N) is 6. The molecule has 1 atom stereocenters. The monoisotopic (exact) mass is 396 g/mol. The largest absolute Gasteiger partial charge is 0.353 e. The highest BCUT2D eigenvalue weighted by molar-refractivity contribution is 5.84. The van der Waals surface area contributed by atoms with Gasteiger partial charge in [-0.1, -0.05) is 6.07 Å². The van der Waals surface area contributed by atoms with Crippen LogP contribution in [-0.2, 0) is 11.3 Å². The zero-order valence-electron chi connectivity index (χ0n) is 17.1. The van der Waals surface area contributed by atoms with Crippen molar-refractivity contribution < 1.29 is 4.79 Å². The number of carbonyl (C=O) groups excluding carboxylic acids is 1. The fourth-order valence-electron chi connectivity index (χ4n) is 4.17. The van der Waals surface area contributed by atoms with Crippen LogP contribution in [0.4, 0.5) is 5.82 Å². The van der Waals surface area contributed by atoms with E-state index in [9.17, 15) is 9.59 Å². The molecule has 0 N–H and O–H groups in total. The number of likely N-dealkylation sites (tertiary alicyclic amines) is 1. The van der Waals surface area contributed by atoms with Gasteiger partial charge in [0.2, 0.25) is 5.91 Å². The lowest BCUT2D eigenvalue weighted by Gasteiger charge is -2.38. The molecule has 0 aliphatic carbocycles. The number of hydrogen-bond acceptors (Lipinski definition) is 6. The number of amides is 1. The smallest absolute Gasteiger partial charge is 0.267 e. The SMILES string of the molecule is CC(C)N1CCC(N2CCN(c3ccc(=O)n(Cc4ccccn4)n3)CC2)C1=O. The molecule has 0 bridgehead atoms. The topological polar surface area (TPSA) is 74.6 Å². The van der Waals surface area contributed by atoms with E-state index in [0.717, 1.165) is 50.7 Å². The van der Waals surface area contributed by atoms with E-state index in [1.54, 1.807) is 18.3 Å². The van der Waals surface area contributed by atoms with Gasteiger partial charge in [0.15, 0.2) is 0 Å². The Hall–Kier alpha value is -2.74. The van der Waals surface area contributed by atoms with Crippen molar-refractivity contribution in [2.75, 3.05) is 37.6 Å². The van der Waals surface area contributed by atoms with Gasteiger partial charge in [0.05, 0.1) is 18.3 Å². The van der Waals surface area contributed by atoms with Crippen molar-refractivity contribution in [3.8, 4) is 0 Å². The summed E-state index contributed by atoms with van der Waals surface area (Å²) in [5, 5.41) is 4.56. The minimum Gasteiger partial charge on any atom is -0.353 e. The van der Waals surface area contributed by atoms with Crippen LogP contribution in [0.25, 0.3) is 0 Å². The molecule has 1 unspecified atom stereocenters. The van der Waals surface area contributed by atoms with Crippen molar-refractivity contribution in [3.63, 3.8) is 0 Å². The molecule has 2 aliphatic rings. The second-order valence-electron chi connectivity index (χ2n) is 7.96. The number of carbonyl (C=O) groups is 1. The van der Waals surface area contributed by atoms with E-state index in [1.165, 1.54) is 4.68 Å². The molecule has 29 heavy (non-hydrogen) atoms. The van der Waals surface area contributed by atoms with Gasteiger partial charge in [0.1, 0.15) is 5.82 Å². The number of hydrogen-bond donors (Lipinski definition) is 0. The van der Waals surface area contributed by atoms with Gasteiger partial charge in [-0.25, -0.2) is 4.68 Å². The summed E-state index contributed by atoms with van der Waals surface area (Å²) in [5.41, 5.74) is 0.668. The Morgan fingerprint density at radius 2 is 1.83 bits per heavy atom.